The molecule has 0 spiro atoms. The summed E-state index contributed by atoms with van der Waals surface area (Å²) in [5.41, 5.74) is 7.27. The Kier molecular flexibility index (Phi) is 3.79. The number of halogens is 1. The minimum atomic E-state index is -0.253. The molecule has 0 amide bonds. The number of rotatable bonds is 5. The number of nitrogens with two attached hydrogens (primary N) is 1. The van der Waals surface area contributed by atoms with Gasteiger partial charge < -0.3 is 10.6 Å². The summed E-state index contributed by atoms with van der Waals surface area (Å²) in [6.45, 7) is 1.31. The van der Waals surface area contributed by atoms with Gasteiger partial charge in [-0.05, 0) is 43.3 Å². The van der Waals surface area contributed by atoms with Crippen LogP contribution in [0.2, 0.25) is 0 Å². The van der Waals surface area contributed by atoms with Crippen molar-refractivity contribution in [1.29, 1.82) is 0 Å². The molecule has 2 aromatic heterocycles. The molecule has 21 heavy (non-hydrogen) atoms. The van der Waals surface area contributed by atoms with Crippen molar-refractivity contribution in [3.8, 4) is 0 Å². The number of fused-ring (bicyclic) bond motifs is 1. The Hall–Kier alpha value is -2.47. The summed E-state index contributed by atoms with van der Waals surface area (Å²) in [6, 6.07) is 10.1. The zero-order chi connectivity index (χ0) is 14.7. The normalized spacial score (nSPS) is 11.0. The fourth-order valence-electron chi connectivity index (χ4n) is 2.20. The molecule has 108 valence electrons. The van der Waals surface area contributed by atoms with E-state index in [9.17, 15) is 4.39 Å². The lowest BCUT2D eigenvalue weighted by atomic mass is 10.2. The van der Waals surface area contributed by atoms with Crippen LogP contribution in [0.3, 0.4) is 0 Å². The Morgan fingerprint density at radius 3 is 2.71 bits per heavy atom. The smallest absolute Gasteiger partial charge is 0.157 e. The minimum absolute atomic E-state index is 0.253. The Labute approximate surface area is 121 Å². The topological polar surface area (TPSA) is 59.5 Å². The van der Waals surface area contributed by atoms with E-state index in [4.69, 9.17) is 5.73 Å². The van der Waals surface area contributed by atoms with Crippen LogP contribution in [0.1, 0.15) is 6.42 Å². The molecule has 2 heterocycles. The van der Waals surface area contributed by atoms with Crippen LogP contribution in [0.4, 0.5) is 15.9 Å². The van der Waals surface area contributed by atoms with Crippen LogP contribution in [0.5, 0.6) is 0 Å². The average Bonchev–Trinajstić information content (AvgIpc) is 2.97. The molecule has 3 rings (SSSR count). The molecule has 1 aromatic carbocycles. The lowest BCUT2D eigenvalue weighted by Gasteiger charge is -2.23. The molecule has 0 fully saturated rings. The summed E-state index contributed by atoms with van der Waals surface area (Å²) < 4.78 is 14.8. The third kappa shape index (κ3) is 2.85. The highest BCUT2D eigenvalue weighted by atomic mass is 19.1. The van der Waals surface area contributed by atoms with E-state index in [0.29, 0.717) is 6.54 Å². The lowest BCUT2D eigenvalue weighted by molar-refractivity contribution is 0.627. The van der Waals surface area contributed by atoms with Gasteiger partial charge >= 0.3 is 0 Å². The molecule has 0 radical (unpaired) electrons. The number of hydrogen-bond donors (Lipinski definition) is 1. The second-order valence-corrected chi connectivity index (χ2v) is 4.69. The highest BCUT2D eigenvalue weighted by molar-refractivity contribution is 5.61. The minimum Gasteiger partial charge on any atom is -0.330 e. The van der Waals surface area contributed by atoms with E-state index in [1.165, 1.54) is 12.1 Å². The zero-order valence-corrected chi connectivity index (χ0v) is 11.5. The van der Waals surface area contributed by atoms with Gasteiger partial charge in [0.15, 0.2) is 5.65 Å². The average molecular weight is 285 g/mol. The molecule has 0 saturated carbocycles. The number of hydrogen-bond acceptors (Lipinski definition) is 4. The first-order chi connectivity index (χ1) is 10.3. The van der Waals surface area contributed by atoms with Gasteiger partial charge in [0.1, 0.15) is 11.6 Å². The first-order valence-corrected chi connectivity index (χ1v) is 6.81. The number of benzene rings is 1. The predicted octanol–water partition coefficient (Wildman–Crippen LogP) is 2.36. The highest BCUT2D eigenvalue weighted by Gasteiger charge is 2.11. The van der Waals surface area contributed by atoms with Crippen LogP contribution >= 0.6 is 0 Å². The summed E-state index contributed by atoms with van der Waals surface area (Å²) >= 11 is 0. The highest BCUT2D eigenvalue weighted by Crippen LogP contribution is 2.24. The van der Waals surface area contributed by atoms with Gasteiger partial charge in [0.25, 0.3) is 0 Å². The summed E-state index contributed by atoms with van der Waals surface area (Å²) in [6.07, 6.45) is 4.38. The second-order valence-electron chi connectivity index (χ2n) is 4.69. The second kappa shape index (κ2) is 5.88. The standard InChI is InChI=1S/C15H16FN5/c16-12-2-4-13(5-3-12)20(10-1-8-17)14-7-11-21-15(19-14)6-9-18-21/h2-7,9,11H,1,8,10,17H2. The maximum atomic E-state index is 13.1. The fourth-order valence-corrected chi connectivity index (χ4v) is 2.20. The summed E-state index contributed by atoms with van der Waals surface area (Å²) in [4.78, 5) is 6.61. The van der Waals surface area contributed by atoms with Crippen LogP contribution in [0.25, 0.3) is 5.65 Å². The van der Waals surface area contributed by atoms with Gasteiger partial charge in [-0.2, -0.15) is 5.10 Å². The molecule has 3 aromatic rings. The maximum Gasteiger partial charge on any atom is 0.157 e. The molecule has 0 atom stereocenters. The summed E-state index contributed by atoms with van der Waals surface area (Å²) in [7, 11) is 0. The molecule has 2 N–H and O–H groups in total. The molecule has 0 aliphatic rings. The van der Waals surface area contributed by atoms with Crippen molar-refractivity contribution in [2.75, 3.05) is 18.0 Å². The van der Waals surface area contributed by atoms with E-state index in [0.717, 1.165) is 30.1 Å². The number of nitrogens with zero attached hydrogens (tertiary/aromatic N) is 4. The zero-order valence-electron chi connectivity index (χ0n) is 11.5. The number of anilines is 2. The maximum absolute atomic E-state index is 13.1. The molecule has 0 aliphatic heterocycles. The number of aromatic nitrogens is 3. The molecular weight excluding hydrogens is 269 g/mol. The predicted molar refractivity (Wildman–Crippen MR) is 80.1 cm³/mol. The summed E-state index contributed by atoms with van der Waals surface area (Å²) in [5.74, 6) is 0.541. The summed E-state index contributed by atoms with van der Waals surface area (Å²) in [5, 5.41) is 4.13. The Bertz CT molecular complexity index is 722. The van der Waals surface area contributed by atoms with E-state index in [1.54, 1.807) is 22.8 Å². The van der Waals surface area contributed by atoms with Crippen molar-refractivity contribution < 1.29 is 4.39 Å². The molecule has 0 saturated heterocycles. The van der Waals surface area contributed by atoms with Crippen LogP contribution in [0.15, 0.2) is 48.8 Å². The van der Waals surface area contributed by atoms with Gasteiger partial charge in [-0.1, -0.05) is 0 Å². The van der Waals surface area contributed by atoms with Crippen molar-refractivity contribution in [2.45, 2.75) is 6.42 Å². The van der Waals surface area contributed by atoms with Gasteiger partial charge in [-0.25, -0.2) is 13.9 Å². The third-order valence-electron chi connectivity index (χ3n) is 3.24. The largest absolute Gasteiger partial charge is 0.330 e. The van der Waals surface area contributed by atoms with Crippen LogP contribution in [-0.4, -0.2) is 27.7 Å². The third-order valence-corrected chi connectivity index (χ3v) is 3.24. The lowest BCUT2D eigenvalue weighted by Crippen LogP contribution is -2.22. The van der Waals surface area contributed by atoms with Crippen molar-refractivity contribution in [2.24, 2.45) is 5.73 Å². The van der Waals surface area contributed by atoms with Crippen molar-refractivity contribution >= 4 is 17.2 Å². The Balaban J connectivity index is 1.99. The van der Waals surface area contributed by atoms with Gasteiger partial charge in [0, 0.05) is 24.5 Å². The van der Waals surface area contributed by atoms with Crippen LogP contribution < -0.4 is 10.6 Å². The van der Waals surface area contributed by atoms with E-state index in [1.807, 2.05) is 23.2 Å². The molecule has 0 aliphatic carbocycles. The van der Waals surface area contributed by atoms with Crippen molar-refractivity contribution in [3.05, 3.63) is 54.6 Å². The molecule has 0 bridgehead atoms. The monoisotopic (exact) mass is 285 g/mol. The van der Waals surface area contributed by atoms with Gasteiger partial charge in [-0.15, -0.1) is 0 Å². The van der Waals surface area contributed by atoms with Gasteiger partial charge in [-0.3, -0.25) is 0 Å². The first-order valence-electron chi connectivity index (χ1n) is 6.81. The molecular formula is C15H16FN5. The van der Waals surface area contributed by atoms with E-state index >= 15 is 0 Å². The quantitative estimate of drug-likeness (QED) is 0.781. The Morgan fingerprint density at radius 2 is 1.95 bits per heavy atom. The first kappa shape index (κ1) is 13.5. The van der Waals surface area contributed by atoms with E-state index in [-0.39, 0.29) is 5.82 Å². The van der Waals surface area contributed by atoms with E-state index < -0.39 is 0 Å². The van der Waals surface area contributed by atoms with E-state index in [2.05, 4.69) is 10.1 Å². The van der Waals surface area contributed by atoms with Crippen molar-refractivity contribution in [3.63, 3.8) is 0 Å². The SMILES string of the molecule is NCCCN(c1ccc(F)cc1)c1ccn2nccc2n1. The van der Waals surface area contributed by atoms with Crippen LogP contribution in [-0.2, 0) is 0 Å². The van der Waals surface area contributed by atoms with Gasteiger partial charge in [0.05, 0.1) is 6.20 Å². The molecule has 5 nitrogen and oxygen atoms in total. The van der Waals surface area contributed by atoms with Crippen molar-refractivity contribution in [1.82, 2.24) is 14.6 Å². The Morgan fingerprint density at radius 1 is 1.14 bits per heavy atom. The fraction of sp³-hybridized carbons (Fsp3) is 0.200. The van der Waals surface area contributed by atoms with Gasteiger partial charge in [0.2, 0.25) is 0 Å². The molecule has 6 heteroatoms. The van der Waals surface area contributed by atoms with Crippen LogP contribution in [0, 0.1) is 5.82 Å². The molecule has 0 unspecified atom stereocenters.